The molecule has 2 amide bonds. The SMILES string of the molecule is COCCCCN(C(=O)CN(C)C(=O)OCc1ccccc1)c1cccc(CCCl)c1-c1ccccc1. The summed E-state index contributed by atoms with van der Waals surface area (Å²) in [6.07, 6.45) is 1.71. The summed E-state index contributed by atoms with van der Waals surface area (Å²) < 4.78 is 10.6. The van der Waals surface area contributed by atoms with Crippen molar-refractivity contribution in [2.24, 2.45) is 0 Å². The molecule has 3 rings (SSSR count). The highest BCUT2D eigenvalue weighted by atomic mass is 35.5. The Balaban J connectivity index is 1.84. The minimum atomic E-state index is -0.546. The van der Waals surface area contributed by atoms with Crippen molar-refractivity contribution in [3.63, 3.8) is 0 Å². The predicted octanol–water partition coefficient (Wildman–Crippen LogP) is 6.16. The lowest BCUT2D eigenvalue weighted by molar-refractivity contribution is -0.119. The van der Waals surface area contributed by atoms with Crippen molar-refractivity contribution < 1.29 is 19.1 Å². The standard InChI is InChI=1S/C30H35ClN2O4/c1-32(30(35)37-23-24-12-5-3-6-13-24)22-28(34)33(20-9-10-21-36-2)27-17-11-16-26(18-19-31)29(27)25-14-7-4-8-15-25/h3-8,11-17H,9-10,18-23H2,1-2H3. The van der Waals surface area contributed by atoms with E-state index < -0.39 is 6.09 Å². The first-order valence-electron chi connectivity index (χ1n) is 12.5. The fourth-order valence-corrected chi connectivity index (χ4v) is 4.34. The molecule has 7 heteroatoms. The van der Waals surface area contributed by atoms with Crippen LogP contribution < -0.4 is 4.90 Å². The van der Waals surface area contributed by atoms with Gasteiger partial charge in [-0.15, -0.1) is 11.6 Å². The molecule has 0 saturated heterocycles. The van der Waals surface area contributed by atoms with Crippen molar-refractivity contribution in [1.82, 2.24) is 4.90 Å². The Morgan fingerprint density at radius 3 is 2.27 bits per heavy atom. The Morgan fingerprint density at radius 1 is 0.892 bits per heavy atom. The van der Waals surface area contributed by atoms with Gasteiger partial charge in [0.05, 0.1) is 5.69 Å². The van der Waals surface area contributed by atoms with E-state index in [1.165, 1.54) is 4.90 Å². The zero-order chi connectivity index (χ0) is 26.5. The number of rotatable bonds is 13. The van der Waals surface area contributed by atoms with E-state index in [9.17, 15) is 9.59 Å². The van der Waals surface area contributed by atoms with Crippen LogP contribution in [0.25, 0.3) is 11.1 Å². The number of benzene rings is 3. The number of unbranched alkanes of at least 4 members (excludes halogenated alkanes) is 1. The number of carbonyl (C=O) groups excluding carboxylic acids is 2. The number of anilines is 1. The lowest BCUT2D eigenvalue weighted by atomic mass is 9.95. The number of amides is 2. The number of likely N-dealkylation sites (N-methyl/N-ethyl adjacent to an activating group) is 1. The topological polar surface area (TPSA) is 59.1 Å². The molecule has 0 heterocycles. The Labute approximate surface area is 224 Å². The third kappa shape index (κ3) is 8.34. The van der Waals surface area contributed by atoms with E-state index in [-0.39, 0.29) is 19.1 Å². The molecular weight excluding hydrogens is 488 g/mol. The van der Waals surface area contributed by atoms with Gasteiger partial charge in [0.15, 0.2) is 0 Å². The molecular formula is C30H35ClN2O4. The zero-order valence-corrected chi connectivity index (χ0v) is 22.3. The third-order valence-corrected chi connectivity index (χ3v) is 6.21. The third-order valence-electron chi connectivity index (χ3n) is 6.02. The van der Waals surface area contributed by atoms with E-state index in [1.54, 1.807) is 19.1 Å². The Morgan fingerprint density at radius 2 is 1.59 bits per heavy atom. The second-order valence-corrected chi connectivity index (χ2v) is 9.14. The number of carbonyl (C=O) groups is 2. The summed E-state index contributed by atoms with van der Waals surface area (Å²) >= 11 is 6.13. The van der Waals surface area contributed by atoms with Crippen LogP contribution in [0.3, 0.4) is 0 Å². The number of ether oxygens (including phenoxy) is 2. The molecule has 0 fully saturated rings. The molecule has 0 unspecified atom stereocenters. The molecule has 0 bridgehead atoms. The summed E-state index contributed by atoms with van der Waals surface area (Å²) in [5, 5.41) is 0. The molecule has 0 aliphatic carbocycles. The lowest BCUT2D eigenvalue weighted by Gasteiger charge is -2.29. The predicted molar refractivity (Wildman–Crippen MR) is 149 cm³/mol. The monoisotopic (exact) mass is 522 g/mol. The second-order valence-electron chi connectivity index (χ2n) is 8.76. The van der Waals surface area contributed by atoms with E-state index in [2.05, 4.69) is 6.07 Å². The van der Waals surface area contributed by atoms with Crippen molar-refractivity contribution in [3.05, 3.63) is 90.0 Å². The van der Waals surface area contributed by atoms with Gasteiger partial charge in [0.2, 0.25) is 5.91 Å². The largest absolute Gasteiger partial charge is 0.445 e. The van der Waals surface area contributed by atoms with Crippen LogP contribution in [0, 0.1) is 0 Å². The molecule has 0 N–H and O–H groups in total. The number of aryl methyl sites for hydroxylation is 1. The summed E-state index contributed by atoms with van der Waals surface area (Å²) in [6, 6.07) is 25.4. The highest BCUT2D eigenvalue weighted by Crippen LogP contribution is 2.35. The fraction of sp³-hybridized carbons (Fsp3) is 0.333. The molecule has 0 aromatic heterocycles. The van der Waals surface area contributed by atoms with E-state index in [0.717, 1.165) is 40.8 Å². The van der Waals surface area contributed by atoms with Crippen LogP contribution in [0.2, 0.25) is 0 Å². The number of methoxy groups -OCH3 is 1. The van der Waals surface area contributed by atoms with Crippen molar-refractivity contribution in [1.29, 1.82) is 0 Å². The van der Waals surface area contributed by atoms with Crippen LogP contribution in [0.5, 0.6) is 0 Å². The Bertz CT molecular complexity index is 1120. The number of hydrogen-bond donors (Lipinski definition) is 0. The summed E-state index contributed by atoms with van der Waals surface area (Å²) in [4.78, 5) is 29.4. The fourth-order valence-electron chi connectivity index (χ4n) is 4.14. The smallest absolute Gasteiger partial charge is 0.410 e. The van der Waals surface area contributed by atoms with Crippen molar-refractivity contribution >= 4 is 29.3 Å². The molecule has 6 nitrogen and oxygen atoms in total. The number of alkyl halides is 1. The lowest BCUT2D eigenvalue weighted by Crippen LogP contribution is -2.42. The van der Waals surface area contributed by atoms with Crippen LogP contribution in [0.15, 0.2) is 78.9 Å². The van der Waals surface area contributed by atoms with Crippen LogP contribution in [-0.4, -0.2) is 56.6 Å². The van der Waals surface area contributed by atoms with Gasteiger partial charge in [-0.05, 0) is 42.0 Å². The first kappa shape index (κ1) is 28.2. The quantitative estimate of drug-likeness (QED) is 0.199. The molecule has 0 saturated carbocycles. The first-order valence-corrected chi connectivity index (χ1v) is 13.0. The first-order chi connectivity index (χ1) is 18.0. The highest BCUT2D eigenvalue weighted by Gasteiger charge is 2.24. The molecule has 37 heavy (non-hydrogen) atoms. The zero-order valence-electron chi connectivity index (χ0n) is 21.6. The maximum Gasteiger partial charge on any atom is 0.410 e. The van der Waals surface area contributed by atoms with Crippen molar-refractivity contribution in [3.8, 4) is 11.1 Å². The molecule has 3 aromatic carbocycles. The summed E-state index contributed by atoms with van der Waals surface area (Å²) in [5.74, 6) is 0.290. The highest BCUT2D eigenvalue weighted by molar-refractivity contribution is 6.18. The summed E-state index contributed by atoms with van der Waals surface area (Å²) in [5.41, 5.74) is 4.77. The second kappa shape index (κ2) is 15.0. The Kier molecular flexibility index (Phi) is 11.5. The van der Waals surface area contributed by atoms with Crippen LogP contribution in [0.4, 0.5) is 10.5 Å². The van der Waals surface area contributed by atoms with Crippen LogP contribution in [-0.2, 0) is 27.3 Å². The van der Waals surface area contributed by atoms with Crippen LogP contribution >= 0.6 is 11.6 Å². The minimum Gasteiger partial charge on any atom is -0.445 e. The van der Waals surface area contributed by atoms with Gasteiger partial charge in [-0.1, -0.05) is 72.8 Å². The van der Waals surface area contributed by atoms with Gasteiger partial charge in [-0.3, -0.25) is 4.79 Å². The van der Waals surface area contributed by atoms with Gasteiger partial charge >= 0.3 is 6.09 Å². The molecule has 0 radical (unpaired) electrons. The normalized spacial score (nSPS) is 10.7. The van der Waals surface area contributed by atoms with Gasteiger partial charge < -0.3 is 19.3 Å². The number of halogens is 1. The average molecular weight is 523 g/mol. The maximum absolute atomic E-state index is 13.7. The maximum atomic E-state index is 13.7. The number of nitrogens with zero attached hydrogens (tertiary/aromatic N) is 2. The van der Waals surface area contributed by atoms with Gasteiger partial charge in [-0.2, -0.15) is 0 Å². The van der Waals surface area contributed by atoms with Gasteiger partial charge in [-0.25, -0.2) is 4.79 Å². The summed E-state index contributed by atoms with van der Waals surface area (Å²) in [6.45, 7) is 1.16. The van der Waals surface area contributed by atoms with E-state index in [1.807, 2.05) is 72.8 Å². The molecule has 196 valence electrons. The van der Waals surface area contributed by atoms with E-state index in [0.29, 0.717) is 25.5 Å². The van der Waals surface area contributed by atoms with Gasteiger partial charge in [0, 0.05) is 38.8 Å². The Hall–Kier alpha value is -3.35. The molecule has 0 aliphatic rings. The summed E-state index contributed by atoms with van der Waals surface area (Å²) in [7, 11) is 3.25. The van der Waals surface area contributed by atoms with Gasteiger partial charge in [0.25, 0.3) is 0 Å². The van der Waals surface area contributed by atoms with Gasteiger partial charge in [0.1, 0.15) is 13.2 Å². The van der Waals surface area contributed by atoms with Crippen molar-refractivity contribution in [2.45, 2.75) is 25.9 Å². The number of hydrogen-bond acceptors (Lipinski definition) is 4. The minimum absolute atomic E-state index is 0.105. The average Bonchev–Trinajstić information content (AvgIpc) is 2.93. The van der Waals surface area contributed by atoms with E-state index >= 15 is 0 Å². The molecule has 0 aliphatic heterocycles. The van der Waals surface area contributed by atoms with Crippen molar-refractivity contribution in [2.75, 3.05) is 44.6 Å². The molecule has 3 aromatic rings. The van der Waals surface area contributed by atoms with Crippen LogP contribution in [0.1, 0.15) is 24.0 Å². The van der Waals surface area contributed by atoms with E-state index in [4.69, 9.17) is 21.1 Å². The molecule has 0 spiro atoms. The molecule has 0 atom stereocenters.